The van der Waals surface area contributed by atoms with E-state index >= 15 is 0 Å². The fraction of sp³-hybridized carbons (Fsp3) is 0.636. The summed E-state index contributed by atoms with van der Waals surface area (Å²) >= 11 is 0. The number of nitrogens with one attached hydrogen (secondary N) is 3. The van der Waals surface area contributed by atoms with E-state index in [1.807, 2.05) is 29.2 Å². The number of anilines is 1. The number of carbonyl (C=O) groups is 2. The Hall–Kier alpha value is -3.52. The normalized spacial score (nSPS) is 22.1. The van der Waals surface area contributed by atoms with Gasteiger partial charge in [-0.3, -0.25) is 23.9 Å². The maximum Gasteiger partial charge on any atom is 0.330 e. The van der Waals surface area contributed by atoms with Gasteiger partial charge >= 0.3 is 5.69 Å². The molecule has 17 heteroatoms. The molecule has 1 saturated heterocycles. The summed E-state index contributed by atoms with van der Waals surface area (Å²) in [5.41, 5.74) is 11.4. The summed E-state index contributed by atoms with van der Waals surface area (Å²) in [6, 6.07) is 7.12. The molecule has 0 saturated carbocycles. The molecule has 1 aliphatic rings. The number of hydrogen-bond acceptors (Lipinski definition) is 13. The third-order valence-electron chi connectivity index (χ3n) is 8.60. The van der Waals surface area contributed by atoms with E-state index in [1.54, 1.807) is 0 Å². The van der Waals surface area contributed by atoms with Crippen molar-refractivity contribution in [1.29, 1.82) is 0 Å². The van der Waals surface area contributed by atoms with Crippen molar-refractivity contribution in [1.82, 2.24) is 14.9 Å². The first-order valence-corrected chi connectivity index (χ1v) is 16.9. The average molecular weight is 709 g/mol. The van der Waals surface area contributed by atoms with Crippen LogP contribution in [0.5, 0.6) is 0 Å². The number of aromatic amines is 1. The van der Waals surface area contributed by atoms with Crippen molar-refractivity contribution in [2.45, 2.75) is 113 Å². The number of amides is 2. The number of H-pyrrole nitrogens is 1. The second-order valence-electron chi connectivity index (χ2n) is 12.3. The standard InChI is InChI=1S/C33H52N6O11/c1-3-4-5-6-7-9-19-11-13-20(14-12-19)37-22(40)10-8-16-36-24(30(35)45)28(50-32-26(43)25(42)21(18-34)49-32)29(48-2)27(44)31(46)39-17-15-23(41)38-33(39)47/h11-15,17,21,24-29,31-32,36,42-44,46H,3-10,16,18,34H2,1-2H3,(H2,35,45)(H,37,40)(H,38,41,47)/t21-,24+,25-,26-,27?,28+,29?,31?,32?/m1/s1. The quantitative estimate of drug-likeness (QED) is 0.0636. The average Bonchev–Trinajstić information content (AvgIpc) is 3.36. The van der Waals surface area contributed by atoms with Gasteiger partial charge in [-0.05, 0) is 43.5 Å². The van der Waals surface area contributed by atoms with E-state index in [-0.39, 0.29) is 31.8 Å². The molecule has 17 nitrogen and oxygen atoms in total. The number of aliphatic hydroxyl groups is 4. The van der Waals surface area contributed by atoms with E-state index in [0.717, 1.165) is 32.2 Å². The van der Waals surface area contributed by atoms with Crippen LogP contribution in [0.3, 0.4) is 0 Å². The molecule has 1 aliphatic heterocycles. The number of hydrogen-bond donors (Lipinski definition) is 9. The lowest BCUT2D eigenvalue weighted by molar-refractivity contribution is -0.236. The lowest BCUT2D eigenvalue weighted by Gasteiger charge is -2.37. The number of nitrogens with two attached hydrogens (primary N) is 2. The summed E-state index contributed by atoms with van der Waals surface area (Å²) in [6.07, 6.45) is -4.81. The fourth-order valence-corrected chi connectivity index (χ4v) is 5.76. The number of nitrogens with zero attached hydrogens (tertiary/aromatic N) is 1. The van der Waals surface area contributed by atoms with Crippen LogP contribution in [0.15, 0.2) is 46.1 Å². The summed E-state index contributed by atoms with van der Waals surface area (Å²) < 4.78 is 17.5. The summed E-state index contributed by atoms with van der Waals surface area (Å²) in [4.78, 5) is 51.3. The molecule has 1 aromatic carbocycles. The first-order valence-electron chi connectivity index (χ1n) is 16.9. The second-order valence-corrected chi connectivity index (χ2v) is 12.3. The highest BCUT2D eigenvalue weighted by molar-refractivity contribution is 5.90. The van der Waals surface area contributed by atoms with Crippen LogP contribution in [0.25, 0.3) is 0 Å². The number of aryl methyl sites for hydroxylation is 1. The Morgan fingerprint density at radius 2 is 1.72 bits per heavy atom. The van der Waals surface area contributed by atoms with Gasteiger partial charge in [-0.15, -0.1) is 0 Å². The van der Waals surface area contributed by atoms with Gasteiger partial charge in [0.1, 0.15) is 42.7 Å². The first kappa shape index (κ1) is 40.9. The molecule has 0 spiro atoms. The van der Waals surface area contributed by atoms with Gasteiger partial charge < -0.3 is 56.7 Å². The van der Waals surface area contributed by atoms with Crippen LogP contribution in [-0.2, 0) is 30.2 Å². The third-order valence-corrected chi connectivity index (χ3v) is 8.60. The van der Waals surface area contributed by atoms with Gasteiger partial charge in [0.2, 0.25) is 11.8 Å². The maximum atomic E-state index is 12.8. The van der Waals surface area contributed by atoms with Gasteiger partial charge in [-0.2, -0.15) is 0 Å². The Bertz CT molecular complexity index is 1450. The van der Waals surface area contributed by atoms with Gasteiger partial charge in [-0.1, -0.05) is 44.7 Å². The Kier molecular flexibility index (Phi) is 16.7. The van der Waals surface area contributed by atoms with Crippen LogP contribution in [-0.4, -0.2) is 111 Å². The summed E-state index contributed by atoms with van der Waals surface area (Å²) in [5.74, 6) is -1.27. The Morgan fingerprint density at radius 1 is 1.02 bits per heavy atom. The summed E-state index contributed by atoms with van der Waals surface area (Å²) in [5, 5.41) is 48.7. The molecular formula is C33H52N6O11. The maximum absolute atomic E-state index is 12.8. The molecule has 0 bridgehead atoms. The Balaban J connectivity index is 1.68. The SMILES string of the molecule is CCCCCCCc1ccc(NC(=O)CCCN[C@H](C(N)=O)[C@H](OC2O[C@H](CN)[C@@H](O)[C@H]2O)C(OC)C(O)C(O)n2ccc(=O)[nH]c2=O)cc1. The minimum atomic E-state index is -2.02. The minimum absolute atomic E-state index is 0.0362. The van der Waals surface area contributed by atoms with Crippen molar-refractivity contribution < 1.29 is 44.2 Å². The van der Waals surface area contributed by atoms with E-state index < -0.39 is 72.3 Å². The highest BCUT2D eigenvalue weighted by Crippen LogP contribution is 2.27. The van der Waals surface area contributed by atoms with Gasteiger partial charge in [-0.25, -0.2) is 4.79 Å². The lowest BCUT2D eigenvalue weighted by atomic mass is 9.98. The van der Waals surface area contributed by atoms with Crippen LogP contribution in [0, 0.1) is 0 Å². The van der Waals surface area contributed by atoms with Crippen molar-refractivity contribution in [3.8, 4) is 0 Å². The zero-order valence-electron chi connectivity index (χ0n) is 28.5. The van der Waals surface area contributed by atoms with Gasteiger partial charge in [0.25, 0.3) is 5.56 Å². The lowest BCUT2D eigenvalue weighted by Crippen LogP contribution is -2.60. The Morgan fingerprint density at radius 3 is 2.32 bits per heavy atom. The number of aliphatic hydroxyl groups excluding tert-OH is 4. The zero-order chi connectivity index (χ0) is 36.8. The number of aromatic nitrogens is 2. The number of carbonyl (C=O) groups excluding carboxylic acids is 2. The van der Waals surface area contributed by atoms with Crippen LogP contribution < -0.4 is 33.3 Å². The van der Waals surface area contributed by atoms with Crippen LogP contribution >= 0.6 is 0 Å². The molecule has 1 aromatic heterocycles. The minimum Gasteiger partial charge on any atom is -0.387 e. The zero-order valence-corrected chi connectivity index (χ0v) is 28.5. The number of unbranched alkanes of at least 4 members (excludes halogenated alkanes) is 4. The highest BCUT2D eigenvalue weighted by atomic mass is 16.7. The topological polar surface area (TPSA) is 274 Å². The van der Waals surface area contributed by atoms with E-state index in [2.05, 4.69) is 17.6 Å². The molecule has 4 unspecified atom stereocenters. The van der Waals surface area contributed by atoms with Crippen molar-refractivity contribution in [3.05, 3.63) is 62.9 Å². The monoisotopic (exact) mass is 708 g/mol. The van der Waals surface area contributed by atoms with E-state index in [0.29, 0.717) is 10.3 Å². The van der Waals surface area contributed by atoms with Crippen molar-refractivity contribution in [3.63, 3.8) is 0 Å². The van der Waals surface area contributed by atoms with Crippen molar-refractivity contribution in [2.75, 3.05) is 25.5 Å². The number of rotatable bonds is 22. The molecule has 0 aliphatic carbocycles. The molecule has 11 N–H and O–H groups in total. The largest absolute Gasteiger partial charge is 0.387 e. The smallest absolute Gasteiger partial charge is 0.330 e. The molecule has 2 amide bonds. The molecule has 2 heterocycles. The molecule has 0 radical (unpaired) electrons. The van der Waals surface area contributed by atoms with E-state index in [9.17, 15) is 39.6 Å². The number of methoxy groups -OCH3 is 1. The highest BCUT2D eigenvalue weighted by Gasteiger charge is 2.48. The van der Waals surface area contributed by atoms with Crippen LogP contribution in [0.4, 0.5) is 5.69 Å². The van der Waals surface area contributed by atoms with Gasteiger partial charge in [0.15, 0.2) is 12.5 Å². The molecular weight excluding hydrogens is 656 g/mol. The van der Waals surface area contributed by atoms with Crippen molar-refractivity contribution >= 4 is 17.5 Å². The molecule has 3 rings (SSSR count). The van der Waals surface area contributed by atoms with Crippen LogP contribution in [0.2, 0.25) is 0 Å². The van der Waals surface area contributed by atoms with E-state index in [4.69, 9.17) is 25.7 Å². The molecule has 9 atom stereocenters. The molecule has 280 valence electrons. The third kappa shape index (κ3) is 11.5. The number of ether oxygens (including phenoxy) is 3. The molecule has 2 aromatic rings. The van der Waals surface area contributed by atoms with Crippen LogP contribution in [0.1, 0.15) is 63.7 Å². The predicted octanol–water partition coefficient (Wildman–Crippen LogP) is -1.43. The predicted molar refractivity (Wildman–Crippen MR) is 182 cm³/mol. The van der Waals surface area contributed by atoms with Gasteiger partial charge in [0.05, 0.1) is 0 Å². The van der Waals surface area contributed by atoms with Gasteiger partial charge in [0, 0.05) is 38.0 Å². The van der Waals surface area contributed by atoms with Crippen molar-refractivity contribution in [2.24, 2.45) is 11.5 Å². The summed E-state index contributed by atoms with van der Waals surface area (Å²) in [6.45, 7) is 2.03. The number of primary amides is 1. The number of benzene rings is 1. The fourth-order valence-electron chi connectivity index (χ4n) is 5.76. The molecule has 50 heavy (non-hydrogen) atoms. The molecule has 1 fully saturated rings. The second kappa shape index (κ2) is 20.4. The Labute approximate surface area is 289 Å². The first-order chi connectivity index (χ1) is 23.9. The van der Waals surface area contributed by atoms with E-state index in [1.165, 1.54) is 31.2 Å². The summed E-state index contributed by atoms with van der Waals surface area (Å²) in [7, 11) is 1.12.